The number of ether oxygens (including phenoxy) is 1. The van der Waals surface area contributed by atoms with Crippen LogP contribution in [-0.2, 0) is 6.42 Å². The van der Waals surface area contributed by atoms with Crippen molar-refractivity contribution in [2.45, 2.75) is 31.3 Å². The Balaban J connectivity index is 1.86. The Morgan fingerprint density at radius 3 is 3.00 bits per heavy atom. The highest BCUT2D eigenvalue weighted by Gasteiger charge is 2.42. The molecule has 0 aliphatic carbocycles. The fourth-order valence-electron chi connectivity index (χ4n) is 3.38. The van der Waals surface area contributed by atoms with Gasteiger partial charge < -0.3 is 14.5 Å². The molecule has 1 spiro atoms. The van der Waals surface area contributed by atoms with Gasteiger partial charge in [-0.1, -0.05) is 12.1 Å². The van der Waals surface area contributed by atoms with Gasteiger partial charge in [0.2, 0.25) is 0 Å². The first kappa shape index (κ1) is 12.0. The van der Waals surface area contributed by atoms with Gasteiger partial charge in [0.15, 0.2) is 0 Å². The molecule has 2 aliphatic heterocycles. The molecule has 4 rings (SSSR count). The van der Waals surface area contributed by atoms with Crippen molar-refractivity contribution in [3.63, 3.8) is 0 Å². The van der Waals surface area contributed by atoms with Crippen LogP contribution in [0.1, 0.15) is 24.8 Å². The molecule has 2 aromatic rings. The van der Waals surface area contributed by atoms with Crippen LogP contribution in [0, 0.1) is 0 Å². The minimum absolute atomic E-state index is 0.218. The number of benzene rings is 1. The highest BCUT2D eigenvalue weighted by molar-refractivity contribution is 5.85. The van der Waals surface area contributed by atoms with E-state index >= 15 is 0 Å². The van der Waals surface area contributed by atoms with E-state index in [1.807, 2.05) is 24.3 Å². The average Bonchev–Trinajstić information content (AvgIpc) is 2.68. The molecule has 0 radical (unpaired) electrons. The first-order valence-electron chi connectivity index (χ1n) is 7.22. The zero-order valence-corrected chi connectivity index (χ0v) is 11.3. The molecule has 1 aromatic carbocycles. The molecule has 0 bridgehead atoms. The molecule has 20 heavy (non-hydrogen) atoms. The van der Waals surface area contributed by atoms with Crippen LogP contribution in [0.5, 0.6) is 5.75 Å². The fraction of sp³-hybridized carbons (Fsp3) is 0.438. The Morgan fingerprint density at radius 1 is 1.15 bits per heavy atom. The molecular weight excluding hydrogens is 254 g/mol. The van der Waals surface area contributed by atoms with Crippen molar-refractivity contribution in [1.82, 2.24) is 5.32 Å². The van der Waals surface area contributed by atoms with E-state index in [-0.39, 0.29) is 11.2 Å². The van der Waals surface area contributed by atoms with E-state index in [0.29, 0.717) is 17.6 Å². The summed E-state index contributed by atoms with van der Waals surface area (Å²) >= 11 is 0. The number of rotatable bonds is 0. The SMILES string of the molecule is O=c1oc2ccccc2c2c1CC1(CCCNCC1)O2. The molecule has 1 N–H and O–H groups in total. The van der Waals surface area contributed by atoms with Crippen LogP contribution in [0.15, 0.2) is 33.5 Å². The highest BCUT2D eigenvalue weighted by Crippen LogP contribution is 2.42. The molecule has 1 atom stereocenters. The normalized spacial score (nSPS) is 25.4. The van der Waals surface area contributed by atoms with E-state index in [1.54, 1.807) is 0 Å². The van der Waals surface area contributed by atoms with Gasteiger partial charge in [-0.2, -0.15) is 0 Å². The maximum absolute atomic E-state index is 12.2. The van der Waals surface area contributed by atoms with Crippen LogP contribution >= 0.6 is 0 Å². The van der Waals surface area contributed by atoms with E-state index in [1.165, 1.54) is 0 Å². The largest absolute Gasteiger partial charge is 0.486 e. The van der Waals surface area contributed by atoms with Gasteiger partial charge >= 0.3 is 5.63 Å². The van der Waals surface area contributed by atoms with Gasteiger partial charge in [-0.25, -0.2) is 4.79 Å². The lowest BCUT2D eigenvalue weighted by Gasteiger charge is -2.26. The molecule has 1 fully saturated rings. The second-order valence-corrected chi connectivity index (χ2v) is 5.76. The molecule has 0 saturated carbocycles. The van der Waals surface area contributed by atoms with Crippen molar-refractivity contribution in [2.24, 2.45) is 0 Å². The second kappa shape index (κ2) is 4.35. The van der Waals surface area contributed by atoms with Crippen LogP contribution in [0.4, 0.5) is 0 Å². The Morgan fingerprint density at radius 2 is 2.05 bits per heavy atom. The Kier molecular flexibility index (Phi) is 2.60. The molecule has 4 nitrogen and oxygen atoms in total. The molecular formula is C16H17NO3. The van der Waals surface area contributed by atoms with Crippen molar-refractivity contribution in [3.8, 4) is 5.75 Å². The second-order valence-electron chi connectivity index (χ2n) is 5.76. The van der Waals surface area contributed by atoms with Gasteiger partial charge in [-0.15, -0.1) is 0 Å². The summed E-state index contributed by atoms with van der Waals surface area (Å²) in [5.74, 6) is 0.749. The number of para-hydroxylation sites is 1. The predicted octanol–water partition coefficient (Wildman–Crippen LogP) is 2.24. The molecule has 3 heterocycles. The minimum Gasteiger partial charge on any atom is -0.486 e. The number of hydrogen-bond acceptors (Lipinski definition) is 4. The standard InChI is InChI=1S/C16H17NO3/c18-15-12-10-16(6-3-8-17-9-7-16)20-14(12)11-4-1-2-5-13(11)19-15/h1-2,4-5,17H,3,6-10H2. The zero-order valence-electron chi connectivity index (χ0n) is 11.3. The third-order valence-electron chi connectivity index (χ3n) is 4.42. The summed E-state index contributed by atoms with van der Waals surface area (Å²) in [4.78, 5) is 12.2. The maximum atomic E-state index is 12.2. The van der Waals surface area contributed by atoms with Crippen molar-refractivity contribution < 1.29 is 9.15 Å². The first-order valence-corrected chi connectivity index (χ1v) is 7.22. The summed E-state index contributed by atoms with van der Waals surface area (Å²) in [6.45, 7) is 1.97. The van der Waals surface area contributed by atoms with E-state index < -0.39 is 0 Å². The quantitative estimate of drug-likeness (QED) is 0.747. The van der Waals surface area contributed by atoms with Crippen molar-refractivity contribution in [1.29, 1.82) is 0 Å². The van der Waals surface area contributed by atoms with Gasteiger partial charge in [0.1, 0.15) is 16.9 Å². The monoisotopic (exact) mass is 271 g/mol. The Labute approximate surface area is 116 Å². The number of hydrogen-bond donors (Lipinski definition) is 1. The summed E-state index contributed by atoms with van der Waals surface area (Å²) < 4.78 is 11.7. The molecule has 1 aromatic heterocycles. The summed E-state index contributed by atoms with van der Waals surface area (Å²) in [5.41, 5.74) is 0.864. The lowest BCUT2D eigenvalue weighted by atomic mass is 9.90. The number of fused-ring (bicyclic) bond motifs is 3. The van der Waals surface area contributed by atoms with Crippen LogP contribution in [0.2, 0.25) is 0 Å². The third kappa shape index (κ3) is 1.75. The van der Waals surface area contributed by atoms with Gasteiger partial charge in [-0.05, 0) is 44.5 Å². The Hall–Kier alpha value is -1.81. The van der Waals surface area contributed by atoms with Crippen LogP contribution in [0.25, 0.3) is 11.0 Å². The molecule has 4 heteroatoms. The van der Waals surface area contributed by atoms with E-state index in [4.69, 9.17) is 9.15 Å². The molecule has 104 valence electrons. The molecule has 2 aliphatic rings. The van der Waals surface area contributed by atoms with Crippen molar-refractivity contribution in [2.75, 3.05) is 13.1 Å². The van der Waals surface area contributed by atoms with Gasteiger partial charge in [0, 0.05) is 6.42 Å². The van der Waals surface area contributed by atoms with Crippen LogP contribution in [-0.4, -0.2) is 18.7 Å². The van der Waals surface area contributed by atoms with E-state index in [9.17, 15) is 4.79 Å². The van der Waals surface area contributed by atoms with Crippen molar-refractivity contribution in [3.05, 3.63) is 40.2 Å². The summed E-state index contributed by atoms with van der Waals surface area (Å²) in [6.07, 6.45) is 3.69. The Bertz CT molecular complexity index is 711. The minimum atomic E-state index is -0.243. The number of nitrogens with one attached hydrogen (secondary N) is 1. The molecule has 0 amide bonds. The van der Waals surface area contributed by atoms with Crippen LogP contribution in [0.3, 0.4) is 0 Å². The van der Waals surface area contributed by atoms with E-state index in [2.05, 4.69) is 5.32 Å². The lowest BCUT2D eigenvalue weighted by molar-refractivity contribution is 0.0823. The smallest absolute Gasteiger partial charge is 0.343 e. The fourth-order valence-corrected chi connectivity index (χ4v) is 3.38. The zero-order chi connectivity index (χ0) is 13.6. The lowest BCUT2D eigenvalue weighted by Crippen LogP contribution is -2.35. The van der Waals surface area contributed by atoms with Gasteiger partial charge in [0.25, 0.3) is 0 Å². The molecule has 1 unspecified atom stereocenters. The van der Waals surface area contributed by atoms with Gasteiger partial charge in [-0.3, -0.25) is 0 Å². The van der Waals surface area contributed by atoms with Crippen LogP contribution < -0.4 is 15.7 Å². The predicted molar refractivity (Wildman–Crippen MR) is 76.3 cm³/mol. The summed E-state index contributed by atoms with van der Waals surface area (Å²) in [7, 11) is 0. The highest BCUT2D eigenvalue weighted by atomic mass is 16.5. The first-order chi connectivity index (χ1) is 9.77. The van der Waals surface area contributed by atoms with Crippen molar-refractivity contribution >= 4 is 11.0 Å². The average molecular weight is 271 g/mol. The van der Waals surface area contributed by atoms with Gasteiger partial charge in [0.05, 0.1) is 10.9 Å². The van der Waals surface area contributed by atoms with E-state index in [0.717, 1.165) is 43.5 Å². The summed E-state index contributed by atoms with van der Waals surface area (Å²) in [5, 5.41) is 4.31. The molecule has 1 saturated heterocycles. The topological polar surface area (TPSA) is 51.5 Å². The third-order valence-corrected chi connectivity index (χ3v) is 4.42. The summed E-state index contributed by atoms with van der Waals surface area (Å²) in [6, 6.07) is 7.61. The maximum Gasteiger partial charge on any atom is 0.343 e.